The van der Waals surface area contributed by atoms with Crippen molar-refractivity contribution in [2.75, 3.05) is 11.9 Å². The van der Waals surface area contributed by atoms with Gasteiger partial charge in [0.15, 0.2) is 0 Å². The van der Waals surface area contributed by atoms with E-state index in [1.807, 2.05) is 42.5 Å². The maximum atomic E-state index is 9.59. The van der Waals surface area contributed by atoms with Crippen LogP contribution in [0.1, 0.15) is 11.6 Å². The van der Waals surface area contributed by atoms with Crippen LogP contribution in [0.4, 0.5) is 5.69 Å². The van der Waals surface area contributed by atoms with E-state index in [4.69, 9.17) is 11.6 Å². The smallest absolute Gasteiger partial charge is 0.0756 e. The highest BCUT2D eigenvalue weighted by Crippen LogP contribution is 2.31. The minimum atomic E-state index is -0.203. The second-order valence-electron chi connectivity index (χ2n) is 4.03. The SMILES string of the molecule is OCC(Nc1ccccc1Br)c1ccc(Cl)cc1Br. The molecule has 19 heavy (non-hydrogen) atoms. The fraction of sp³-hybridized carbons (Fsp3) is 0.143. The molecule has 0 aromatic heterocycles. The van der Waals surface area contributed by atoms with Gasteiger partial charge in [0.25, 0.3) is 0 Å². The number of rotatable bonds is 4. The summed E-state index contributed by atoms with van der Waals surface area (Å²) >= 11 is 12.9. The van der Waals surface area contributed by atoms with Crippen LogP contribution < -0.4 is 5.32 Å². The summed E-state index contributed by atoms with van der Waals surface area (Å²) in [7, 11) is 0. The van der Waals surface area contributed by atoms with Crippen molar-refractivity contribution in [3.8, 4) is 0 Å². The molecule has 0 bridgehead atoms. The number of nitrogens with one attached hydrogen (secondary N) is 1. The van der Waals surface area contributed by atoms with Gasteiger partial charge in [-0.15, -0.1) is 0 Å². The Balaban J connectivity index is 2.28. The zero-order chi connectivity index (χ0) is 13.8. The zero-order valence-electron chi connectivity index (χ0n) is 9.91. The third-order valence-electron chi connectivity index (χ3n) is 2.72. The number of anilines is 1. The van der Waals surface area contributed by atoms with E-state index in [-0.39, 0.29) is 12.6 Å². The third-order valence-corrected chi connectivity index (χ3v) is 4.34. The lowest BCUT2D eigenvalue weighted by molar-refractivity contribution is 0.276. The predicted molar refractivity (Wildman–Crippen MR) is 86.7 cm³/mol. The van der Waals surface area contributed by atoms with Gasteiger partial charge in [-0.25, -0.2) is 0 Å². The lowest BCUT2D eigenvalue weighted by Crippen LogP contribution is -2.15. The van der Waals surface area contributed by atoms with Gasteiger partial charge in [0.1, 0.15) is 0 Å². The van der Waals surface area contributed by atoms with E-state index in [1.54, 1.807) is 0 Å². The number of halogens is 3. The topological polar surface area (TPSA) is 32.3 Å². The van der Waals surface area contributed by atoms with Gasteiger partial charge in [-0.05, 0) is 45.8 Å². The number of hydrogen-bond acceptors (Lipinski definition) is 2. The molecule has 0 aliphatic rings. The van der Waals surface area contributed by atoms with Crippen LogP contribution in [0.3, 0.4) is 0 Å². The fourth-order valence-corrected chi connectivity index (χ4v) is 3.13. The minimum absolute atomic E-state index is 0.0123. The summed E-state index contributed by atoms with van der Waals surface area (Å²) in [6.45, 7) is -0.0123. The van der Waals surface area contributed by atoms with Gasteiger partial charge in [0, 0.05) is 19.7 Å². The van der Waals surface area contributed by atoms with Gasteiger partial charge in [0.05, 0.1) is 12.6 Å². The van der Waals surface area contributed by atoms with Gasteiger partial charge >= 0.3 is 0 Å². The molecular formula is C14H12Br2ClNO. The van der Waals surface area contributed by atoms with Crippen LogP contribution in [0.15, 0.2) is 51.4 Å². The molecule has 0 saturated heterocycles. The summed E-state index contributed by atoms with van der Waals surface area (Å²) < 4.78 is 1.83. The van der Waals surface area contributed by atoms with Crippen molar-refractivity contribution in [3.05, 3.63) is 62.0 Å². The van der Waals surface area contributed by atoms with Crippen molar-refractivity contribution in [3.63, 3.8) is 0 Å². The molecule has 1 unspecified atom stereocenters. The number of hydrogen-bond donors (Lipinski definition) is 2. The maximum absolute atomic E-state index is 9.59. The molecular weight excluding hydrogens is 393 g/mol. The Morgan fingerprint density at radius 1 is 1.11 bits per heavy atom. The van der Waals surface area contributed by atoms with E-state index in [1.165, 1.54) is 0 Å². The van der Waals surface area contributed by atoms with Gasteiger partial charge in [-0.2, -0.15) is 0 Å². The van der Waals surface area contributed by atoms with Gasteiger partial charge in [-0.3, -0.25) is 0 Å². The summed E-state index contributed by atoms with van der Waals surface area (Å²) in [6, 6.07) is 13.1. The molecule has 0 amide bonds. The lowest BCUT2D eigenvalue weighted by Gasteiger charge is -2.20. The van der Waals surface area contributed by atoms with E-state index in [0.717, 1.165) is 20.2 Å². The van der Waals surface area contributed by atoms with Crippen LogP contribution in [0.25, 0.3) is 0 Å². The van der Waals surface area contributed by atoms with E-state index in [9.17, 15) is 5.11 Å². The normalized spacial score (nSPS) is 12.2. The summed E-state index contributed by atoms with van der Waals surface area (Å²) in [5, 5.41) is 13.6. The maximum Gasteiger partial charge on any atom is 0.0756 e. The molecule has 2 rings (SSSR count). The molecule has 2 aromatic carbocycles. The number of aliphatic hydroxyl groups excluding tert-OH is 1. The summed E-state index contributed by atoms with van der Waals surface area (Å²) in [4.78, 5) is 0. The second kappa shape index (κ2) is 6.75. The Labute approximate surface area is 134 Å². The molecule has 2 N–H and O–H groups in total. The second-order valence-corrected chi connectivity index (χ2v) is 6.17. The summed E-state index contributed by atoms with van der Waals surface area (Å²) in [5.74, 6) is 0. The first-order valence-electron chi connectivity index (χ1n) is 5.68. The highest BCUT2D eigenvalue weighted by molar-refractivity contribution is 9.11. The molecule has 0 aliphatic carbocycles. The number of aliphatic hydroxyl groups is 1. The van der Waals surface area contributed by atoms with Crippen molar-refractivity contribution >= 4 is 49.1 Å². The molecule has 0 spiro atoms. The predicted octanol–water partition coefficient (Wildman–Crippen LogP) is 5.01. The Bertz CT molecular complexity index is 577. The quantitative estimate of drug-likeness (QED) is 0.749. The van der Waals surface area contributed by atoms with Crippen LogP contribution in [0.5, 0.6) is 0 Å². The first-order valence-corrected chi connectivity index (χ1v) is 7.65. The van der Waals surface area contributed by atoms with E-state index in [2.05, 4.69) is 37.2 Å². The van der Waals surface area contributed by atoms with Crippen molar-refractivity contribution < 1.29 is 5.11 Å². The summed E-state index contributed by atoms with van der Waals surface area (Å²) in [5.41, 5.74) is 1.89. The van der Waals surface area contributed by atoms with Crippen LogP contribution in [0, 0.1) is 0 Å². The average molecular weight is 406 g/mol. The van der Waals surface area contributed by atoms with Crippen molar-refractivity contribution in [2.24, 2.45) is 0 Å². The van der Waals surface area contributed by atoms with E-state index in [0.29, 0.717) is 5.02 Å². The summed E-state index contributed by atoms with van der Waals surface area (Å²) in [6.07, 6.45) is 0. The van der Waals surface area contributed by atoms with Gasteiger partial charge in [0.2, 0.25) is 0 Å². The van der Waals surface area contributed by atoms with Crippen LogP contribution in [-0.2, 0) is 0 Å². The molecule has 0 fully saturated rings. The van der Waals surface area contributed by atoms with Crippen LogP contribution in [-0.4, -0.2) is 11.7 Å². The Morgan fingerprint density at radius 2 is 1.84 bits per heavy atom. The van der Waals surface area contributed by atoms with Crippen molar-refractivity contribution in [1.29, 1.82) is 0 Å². The largest absolute Gasteiger partial charge is 0.394 e. The molecule has 2 nitrogen and oxygen atoms in total. The van der Waals surface area contributed by atoms with Crippen molar-refractivity contribution in [2.45, 2.75) is 6.04 Å². The van der Waals surface area contributed by atoms with Crippen LogP contribution in [0.2, 0.25) is 5.02 Å². The van der Waals surface area contributed by atoms with Gasteiger partial charge in [-0.1, -0.05) is 45.7 Å². The van der Waals surface area contributed by atoms with Gasteiger partial charge < -0.3 is 10.4 Å². The molecule has 0 aliphatic heterocycles. The van der Waals surface area contributed by atoms with E-state index < -0.39 is 0 Å². The van der Waals surface area contributed by atoms with Crippen LogP contribution >= 0.6 is 43.5 Å². The van der Waals surface area contributed by atoms with Crippen molar-refractivity contribution in [1.82, 2.24) is 0 Å². The molecule has 0 saturated carbocycles. The standard InChI is InChI=1S/C14H12Br2ClNO/c15-11-3-1-2-4-13(11)18-14(8-19)10-6-5-9(17)7-12(10)16/h1-7,14,18-19H,8H2. The Morgan fingerprint density at radius 3 is 2.47 bits per heavy atom. The first-order chi connectivity index (χ1) is 9.11. The Hall–Kier alpha value is -0.550. The number of para-hydroxylation sites is 1. The van der Waals surface area contributed by atoms with E-state index >= 15 is 0 Å². The highest BCUT2D eigenvalue weighted by Gasteiger charge is 2.14. The molecule has 0 heterocycles. The monoisotopic (exact) mass is 403 g/mol. The molecule has 100 valence electrons. The minimum Gasteiger partial charge on any atom is -0.394 e. The fourth-order valence-electron chi connectivity index (χ4n) is 1.77. The molecule has 2 aromatic rings. The highest BCUT2D eigenvalue weighted by atomic mass is 79.9. The third kappa shape index (κ3) is 3.72. The molecule has 5 heteroatoms. The zero-order valence-corrected chi connectivity index (χ0v) is 13.8. The number of benzene rings is 2. The molecule has 0 radical (unpaired) electrons. The first kappa shape index (κ1) is 14.9. The Kier molecular flexibility index (Phi) is 5.28. The lowest BCUT2D eigenvalue weighted by atomic mass is 10.1. The molecule has 1 atom stereocenters. The average Bonchev–Trinajstić information content (AvgIpc) is 2.39.